The number of halogens is 5. The second-order valence-electron chi connectivity index (χ2n) is 8.64. The number of aliphatic hydroxyl groups excluding tert-OH is 1. The van der Waals surface area contributed by atoms with Crippen LogP contribution in [0.5, 0.6) is 0 Å². The molecule has 0 spiro atoms. The number of hydrogen-bond acceptors (Lipinski definition) is 6. The fourth-order valence-corrected chi connectivity index (χ4v) is 5.81. The van der Waals surface area contributed by atoms with Gasteiger partial charge in [-0.1, -0.05) is 35.3 Å². The maximum atomic E-state index is 13.9. The lowest BCUT2D eigenvalue weighted by Crippen LogP contribution is -2.53. The van der Waals surface area contributed by atoms with Gasteiger partial charge in [-0.05, 0) is 59.1 Å². The Morgan fingerprint density at radius 1 is 1.22 bits per heavy atom. The van der Waals surface area contributed by atoms with Crippen LogP contribution in [-0.4, -0.2) is 63.6 Å². The zero-order valence-corrected chi connectivity index (χ0v) is 21.4. The molecule has 0 saturated carbocycles. The summed E-state index contributed by atoms with van der Waals surface area (Å²) in [6.45, 7) is 1.55. The summed E-state index contributed by atoms with van der Waals surface area (Å²) in [5.41, 5.74) is 0.667. The maximum Gasteiger partial charge on any atom is 0.416 e. The molecule has 0 unspecified atom stereocenters. The van der Waals surface area contributed by atoms with Gasteiger partial charge < -0.3 is 15.3 Å². The first kappa shape index (κ1) is 26.1. The first-order chi connectivity index (χ1) is 17.6. The molecule has 2 aliphatic heterocycles. The Morgan fingerprint density at radius 3 is 2.78 bits per heavy atom. The van der Waals surface area contributed by atoms with Crippen LogP contribution in [0.4, 0.5) is 13.2 Å². The standard InChI is InChI=1S/C24H20Cl2F3N5O2S/c25-14-3-1-13(18(9-14)24(27,28)29)8-16(12-2-4-19-17(7-12)21(26)33-32-19)20-22(36)31-23(37-20)34-6-5-30-15(10-34)11-35/h1-4,7,9,15,30,35H,5-6,8,10-11H2,(H,32,33)/t15-/m1/s1. The van der Waals surface area contributed by atoms with Crippen LogP contribution in [0.3, 0.4) is 0 Å². The molecule has 2 aromatic carbocycles. The molecule has 1 atom stereocenters. The molecule has 0 bridgehead atoms. The van der Waals surface area contributed by atoms with Crippen molar-refractivity contribution in [3.05, 3.63) is 68.2 Å². The van der Waals surface area contributed by atoms with Crippen molar-refractivity contribution in [2.75, 3.05) is 26.2 Å². The van der Waals surface area contributed by atoms with Crippen molar-refractivity contribution in [2.45, 2.75) is 18.6 Å². The van der Waals surface area contributed by atoms with Gasteiger partial charge in [0.1, 0.15) is 0 Å². The first-order valence-electron chi connectivity index (χ1n) is 11.3. The number of fused-ring (bicyclic) bond motifs is 1. The van der Waals surface area contributed by atoms with Crippen molar-refractivity contribution in [1.29, 1.82) is 0 Å². The van der Waals surface area contributed by atoms with Crippen molar-refractivity contribution < 1.29 is 23.1 Å². The Morgan fingerprint density at radius 2 is 2.03 bits per heavy atom. The summed E-state index contributed by atoms with van der Waals surface area (Å²) in [6, 6.07) is 8.55. The minimum absolute atomic E-state index is 0.0258. The Bertz CT molecular complexity index is 1440. The van der Waals surface area contributed by atoms with Crippen molar-refractivity contribution in [2.24, 2.45) is 4.99 Å². The lowest BCUT2D eigenvalue weighted by molar-refractivity contribution is -0.138. The average molecular weight is 570 g/mol. The molecule has 2 aliphatic rings. The predicted octanol–water partition coefficient (Wildman–Crippen LogP) is 4.74. The van der Waals surface area contributed by atoms with Crippen LogP contribution in [0.15, 0.2) is 46.3 Å². The number of aliphatic hydroxyl groups is 1. The molecule has 5 rings (SSSR count). The van der Waals surface area contributed by atoms with Crippen LogP contribution in [0.25, 0.3) is 16.5 Å². The van der Waals surface area contributed by atoms with E-state index in [1.54, 1.807) is 18.2 Å². The Balaban J connectivity index is 1.59. The molecule has 3 N–H and O–H groups in total. The number of benzene rings is 2. The lowest BCUT2D eigenvalue weighted by atomic mass is 9.93. The molecule has 37 heavy (non-hydrogen) atoms. The number of aromatic amines is 1. The highest BCUT2D eigenvalue weighted by molar-refractivity contribution is 8.18. The highest BCUT2D eigenvalue weighted by Gasteiger charge is 2.36. The second kappa shape index (κ2) is 10.3. The number of aliphatic imine (C=N–C) groups is 1. The van der Waals surface area contributed by atoms with Crippen molar-refractivity contribution in [1.82, 2.24) is 20.4 Å². The van der Waals surface area contributed by atoms with Gasteiger partial charge in [0.2, 0.25) is 0 Å². The number of aromatic nitrogens is 2. The van der Waals surface area contributed by atoms with Gasteiger partial charge in [0.15, 0.2) is 10.3 Å². The Kier molecular flexibility index (Phi) is 7.25. The lowest BCUT2D eigenvalue weighted by Gasteiger charge is -2.33. The minimum Gasteiger partial charge on any atom is -0.395 e. The third-order valence-corrected chi connectivity index (χ3v) is 7.90. The molecule has 1 aromatic heterocycles. The number of piperazine rings is 1. The summed E-state index contributed by atoms with van der Waals surface area (Å²) in [5, 5.41) is 20.7. The molecule has 194 valence electrons. The number of amidine groups is 1. The number of H-pyrrole nitrogens is 1. The van der Waals surface area contributed by atoms with Crippen LogP contribution in [0, 0.1) is 0 Å². The molecule has 0 radical (unpaired) electrons. The molecule has 13 heteroatoms. The Hall–Kier alpha value is -2.57. The molecule has 7 nitrogen and oxygen atoms in total. The summed E-state index contributed by atoms with van der Waals surface area (Å²) in [5.74, 6) is -0.532. The highest BCUT2D eigenvalue weighted by Crippen LogP contribution is 2.41. The highest BCUT2D eigenvalue weighted by atomic mass is 35.5. The van der Waals surface area contributed by atoms with E-state index in [0.29, 0.717) is 46.8 Å². The third kappa shape index (κ3) is 5.37. The van der Waals surface area contributed by atoms with Crippen LogP contribution < -0.4 is 5.32 Å². The van der Waals surface area contributed by atoms with Gasteiger partial charge in [0.05, 0.1) is 22.6 Å². The van der Waals surface area contributed by atoms with Gasteiger partial charge in [-0.3, -0.25) is 9.89 Å². The van der Waals surface area contributed by atoms with Crippen LogP contribution in [0.2, 0.25) is 10.2 Å². The van der Waals surface area contributed by atoms with E-state index in [1.165, 1.54) is 12.1 Å². The van der Waals surface area contributed by atoms with E-state index in [1.807, 2.05) is 4.90 Å². The average Bonchev–Trinajstić information content (AvgIpc) is 3.45. The van der Waals surface area contributed by atoms with Crippen LogP contribution >= 0.6 is 35.0 Å². The molecule has 1 amide bonds. The fraction of sp³-hybridized carbons (Fsp3) is 0.292. The molecular weight excluding hydrogens is 550 g/mol. The quantitative estimate of drug-likeness (QED) is 0.393. The number of amides is 1. The van der Waals surface area contributed by atoms with Gasteiger partial charge >= 0.3 is 6.18 Å². The first-order valence-corrected chi connectivity index (χ1v) is 12.8. The van der Waals surface area contributed by atoms with E-state index >= 15 is 0 Å². The molecular formula is C24H20Cl2F3N5O2S. The summed E-state index contributed by atoms with van der Waals surface area (Å²) in [6.07, 6.45) is -4.83. The zero-order valence-electron chi connectivity index (χ0n) is 19.1. The summed E-state index contributed by atoms with van der Waals surface area (Å²) in [7, 11) is 0. The topological polar surface area (TPSA) is 93.6 Å². The summed E-state index contributed by atoms with van der Waals surface area (Å²) >= 11 is 13.2. The van der Waals surface area contributed by atoms with E-state index in [4.69, 9.17) is 23.2 Å². The number of nitrogens with zero attached hydrogens (tertiary/aromatic N) is 3. The number of rotatable bonds is 4. The largest absolute Gasteiger partial charge is 0.416 e. The van der Waals surface area contributed by atoms with Crippen molar-refractivity contribution >= 4 is 62.5 Å². The van der Waals surface area contributed by atoms with Crippen molar-refractivity contribution in [3.63, 3.8) is 0 Å². The summed E-state index contributed by atoms with van der Waals surface area (Å²) in [4.78, 5) is 19.5. The van der Waals surface area contributed by atoms with Crippen molar-refractivity contribution in [3.8, 4) is 0 Å². The third-order valence-electron chi connectivity index (χ3n) is 6.21. The fourth-order valence-electron chi connectivity index (χ4n) is 4.38. The van der Waals surface area contributed by atoms with Crippen LogP contribution in [0.1, 0.15) is 16.7 Å². The number of carbonyl (C=O) groups is 1. The molecule has 0 aliphatic carbocycles. The Labute approximate surface area is 223 Å². The SMILES string of the molecule is O=C1N=C(N2CCN[C@@H](CO)C2)SC1=C(Cc1ccc(Cl)cc1C(F)(F)F)c1ccc2[nH]nc(Cl)c2c1. The normalized spacial score (nSPS) is 20.1. The van der Waals surface area contributed by atoms with Gasteiger partial charge in [-0.2, -0.15) is 23.3 Å². The maximum absolute atomic E-state index is 13.9. The van der Waals surface area contributed by atoms with Gasteiger partial charge in [-0.15, -0.1) is 0 Å². The monoisotopic (exact) mass is 569 g/mol. The number of alkyl halides is 3. The van der Waals surface area contributed by atoms with Gasteiger partial charge in [0.25, 0.3) is 5.91 Å². The second-order valence-corrected chi connectivity index (χ2v) is 10.4. The van der Waals surface area contributed by atoms with E-state index in [9.17, 15) is 23.1 Å². The van der Waals surface area contributed by atoms with E-state index < -0.39 is 17.6 Å². The van der Waals surface area contributed by atoms with E-state index in [-0.39, 0.29) is 39.7 Å². The molecule has 3 aromatic rings. The van der Waals surface area contributed by atoms with Gasteiger partial charge in [-0.25, -0.2) is 0 Å². The minimum atomic E-state index is -4.64. The number of nitrogens with one attached hydrogen (secondary N) is 2. The predicted molar refractivity (Wildman–Crippen MR) is 139 cm³/mol. The molecule has 1 saturated heterocycles. The smallest absolute Gasteiger partial charge is 0.395 e. The van der Waals surface area contributed by atoms with E-state index in [0.717, 1.165) is 17.8 Å². The van der Waals surface area contributed by atoms with E-state index in [2.05, 4.69) is 20.5 Å². The van der Waals surface area contributed by atoms with Crippen LogP contribution in [-0.2, 0) is 17.4 Å². The number of thioether (sulfide) groups is 1. The molecule has 1 fully saturated rings. The summed E-state index contributed by atoms with van der Waals surface area (Å²) < 4.78 is 41.7. The number of hydrogen-bond donors (Lipinski definition) is 3. The zero-order chi connectivity index (χ0) is 26.3. The number of allylic oxidation sites excluding steroid dienone is 1. The number of carbonyl (C=O) groups excluding carboxylic acids is 1. The molecule has 3 heterocycles. The van der Waals surface area contributed by atoms with Gasteiger partial charge in [0, 0.05) is 36.1 Å².